The maximum Gasteiger partial charge on any atom is 0.307 e. The first-order chi connectivity index (χ1) is 14.8. The highest BCUT2D eigenvalue weighted by Crippen LogP contribution is 2.44. The second-order valence-corrected chi connectivity index (χ2v) is 7.58. The standard InChI is InChI=1S/C25H17ClF2O3/c1-14-20(19-8-4-16(27)11-22(19)21(14)13-25(29)30)10-15-2-6-18(7-3-15)31-24-9-5-17(28)12-23(24)26/h2-12H,13H2,1H3,(H,29,30)/b20-10+. The molecule has 3 aromatic carbocycles. The molecule has 0 aromatic heterocycles. The van der Waals surface area contributed by atoms with E-state index in [4.69, 9.17) is 16.3 Å². The number of carbonyl (C=O) groups is 1. The van der Waals surface area contributed by atoms with Crippen molar-refractivity contribution in [2.45, 2.75) is 13.3 Å². The Bertz CT molecular complexity index is 1240. The molecule has 0 radical (unpaired) electrons. The summed E-state index contributed by atoms with van der Waals surface area (Å²) in [5, 5.41) is 9.43. The number of allylic oxidation sites excluding steroid dienone is 2. The van der Waals surface area contributed by atoms with Crippen LogP contribution in [0.2, 0.25) is 5.02 Å². The van der Waals surface area contributed by atoms with Crippen LogP contribution in [-0.4, -0.2) is 11.1 Å². The fraction of sp³-hybridized carbons (Fsp3) is 0.0800. The highest BCUT2D eigenvalue weighted by Gasteiger charge is 2.25. The SMILES string of the molecule is CC1=C(CC(=O)O)c2cc(F)ccc2/C1=C/c1ccc(Oc2ccc(F)cc2Cl)cc1. The lowest BCUT2D eigenvalue weighted by molar-refractivity contribution is -0.135. The number of aliphatic carboxylic acids is 1. The van der Waals surface area contributed by atoms with Gasteiger partial charge in [0.2, 0.25) is 0 Å². The van der Waals surface area contributed by atoms with Gasteiger partial charge in [-0.1, -0.05) is 29.8 Å². The van der Waals surface area contributed by atoms with Crippen LogP contribution in [-0.2, 0) is 4.79 Å². The number of rotatable bonds is 5. The summed E-state index contributed by atoms with van der Waals surface area (Å²) in [5.74, 6) is -0.938. The van der Waals surface area contributed by atoms with E-state index in [-0.39, 0.29) is 11.4 Å². The number of carboxylic acids is 1. The molecule has 1 aliphatic rings. The van der Waals surface area contributed by atoms with Crippen molar-refractivity contribution in [2.75, 3.05) is 0 Å². The summed E-state index contributed by atoms with van der Waals surface area (Å²) in [6.07, 6.45) is 1.75. The summed E-state index contributed by atoms with van der Waals surface area (Å²) in [5.41, 5.74) is 4.53. The van der Waals surface area contributed by atoms with E-state index in [0.29, 0.717) is 22.6 Å². The summed E-state index contributed by atoms with van der Waals surface area (Å²) < 4.78 is 32.7. The quantitative estimate of drug-likeness (QED) is 0.457. The molecule has 156 valence electrons. The lowest BCUT2D eigenvalue weighted by Gasteiger charge is -2.08. The van der Waals surface area contributed by atoms with Gasteiger partial charge in [0.15, 0.2) is 0 Å². The molecule has 0 heterocycles. The van der Waals surface area contributed by atoms with Crippen LogP contribution in [0.3, 0.4) is 0 Å². The van der Waals surface area contributed by atoms with Gasteiger partial charge >= 0.3 is 5.97 Å². The molecule has 31 heavy (non-hydrogen) atoms. The third-order valence-electron chi connectivity index (χ3n) is 5.09. The van der Waals surface area contributed by atoms with E-state index in [1.165, 1.54) is 30.3 Å². The molecule has 3 nitrogen and oxygen atoms in total. The Hall–Kier alpha value is -3.44. The van der Waals surface area contributed by atoms with Crippen molar-refractivity contribution in [3.05, 3.63) is 99.6 Å². The predicted molar refractivity (Wildman–Crippen MR) is 117 cm³/mol. The smallest absolute Gasteiger partial charge is 0.307 e. The van der Waals surface area contributed by atoms with Gasteiger partial charge in [0.25, 0.3) is 0 Å². The van der Waals surface area contributed by atoms with Crippen molar-refractivity contribution < 1.29 is 23.4 Å². The molecule has 4 rings (SSSR count). The highest BCUT2D eigenvalue weighted by molar-refractivity contribution is 6.32. The van der Waals surface area contributed by atoms with Crippen LogP contribution in [0.1, 0.15) is 30.0 Å². The zero-order valence-corrected chi connectivity index (χ0v) is 17.2. The number of fused-ring (bicyclic) bond motifs is 1. The molecule has 1 N–H and O–H groups in total. The molecule has 0 atom stereocenters. The summed E-state index contributed by atoms with van der Waals surface area (Å²) in [6.45, 7) is 1.84. The third kappa shape index (κ3) is 4.37. The molecule has 0 bridgehead atoms. The van der Waals surface area contributed by atoms with Gasteiger partial charge < -0.3 is 9.84 Å². The second kappa shape index (κ2) is 8.36. The highest BCUT2D eigenvalue weighted by atomic mass is 35.5. The van der Waals surface area contributed by atoms with Crippen LogP contribution in [0.4, 0.5) is 8.78 Å². The van der Waals surface area contributed by atoms with Crippen LogP contribution in [0, 0.1) is 11.6 Å². The van der Waals surface area contributed by atoms with Crippen LogP contribution >= 0.6 is 11.6 Å². The van der Waals surface area contributed by atoms with Crippen molar-refractivity contribution in [3.63, 3.8) is 0 Å². The zero-order valence-electron chi connectivity index (χ0n) is 16.5. The molecule has 0 unspecified atom stereocenters. The lowest BCUT2D eigenvalue weighted by atomic mass is 10.0. The average molecular weight is 439 g/mol. The molecule has 0 aliphatic heterocycles. The minimum Gasteiger partial charge on any atom is -0.481 e. The van der Waals surface area contributed by atoms with E-state index >= 15 is 0 Å². The minimum absolute atomic E-state index is 0.174. The van der Waals surface area contributed by atoms with Gasteiger partial charge in [-0.3, -0.25) is 4.79 Å². The first-order valence-electron chi connectivity index (χ1n) is 9.48. The maximum atomic E-state index is 13.8. The topological polar surface area (TPSA) is 46.5 Å². The van der Waals surface area contributed by atoms with Gasteiger partial charge in [0, 0.05) is 0 Å². The van der Waals surface area contributed by atoms with Crippen molar-refractivity contribution in [1.29, 1.82) is 0 Å². The first-order valence-corrected chi connectivity index (χ1v) is 9.86. The zero-order chi connectivity index (χ0) is 22.1. The molecular formula is C25H17ClF2O3. The Morgan fingerprint density at radius 2 is 1.68 bits per heavy atom. The van der Waals surface area contributed by atoms with Gasteiger partial charge in [-0.05, 0) is 88.9 Å². The van der Waals surface area contributed by atoms with Crippen molar-refractivity contribution in [3.8, 4) is 11.5 Å². The molecule has 6 heteroatoms. The van der Waals surface area contributed by atoms with Gasteiger partial charge in [0.05, 0.1) is 11.4 Å². The summed E-state index contributed by atoms with van der Waals surface area (Å²) in [7, 11) is 0. The van der Waals surface area contributed by atoms with Gasteiger partial charge in [-0.15, -0.1) is 0 Å². The van der Waals surface area contributed by atoms with Crippen LogP contribution in [0.25, 0.3) is 17.2 Å². The number of hydrogen-bond acceptors (Lipinski definition) is 2. The third-order valence-corrected chi connectivity index (χ3v) is 5.39. The number of ether oxygens (including phenoxy) is 1. The van der Waals surface area contributed by atoms with E-state index in [0.717, 1.165) is 22.3 Å². The molecule has 3 aromatic rings. The molecule has 0 amide bonds. The Balaban J connectivity index is 1.65. The molecular weight excluding hydrogens is 422 g/mol. The Morgan fingerprint density at radius 3 is 2.35 bits per heavy atom. The van der Waals surface area contributed by atoms with E-state index in [2.05, 4.69) is 0 Å². The van der Waals surface area contributed by atoms with E-state index in [1.807, 2.05) is 25.1 Å². The summed E-state index contributed by atoms with van der Waals surface area (Å²) in [4.78, 5) is 11.3. The number of hydrogen-bond donors (Lipinski definition) is 1. The second-order valence-electron chi connectivity index (χ2n) is 7.17. The minimum atomic E-state index is -0.966. The Morgan fingerprint density at radius 1 is 1.00 bits per heavy atom. The normalized spacial score (nSPS) is 14.1. The summed E-state index contributed by atoms with van der Waals surface area (Å²) >= 11 is 6.00. The number of benzene rings is 3. The monoisotopic (exact) mass is 438 g/mol. The molecule has 0 saturated carbocycles. The van der Waals surface area contributed by atoms with Crippen LogP contribution in [0.15, 0.2) is 66.2 Å². The molecule has 0 spiro atoms. The van der Waals surface area contributed by atoms with E-state index < -0.39 is 17.6 Å². The molecule has 0 fully saturated rings. The van der Waals surface area contributed by atoms with E-state index in [9.17, 15) is 18.7 Å². The fourth-order valence-electron chi connectivity index (χ4n) is 3.62. The van der Waals surface area contributed by atoms with Crippen molar-refractivity contribution in [2.24, 2.45) is 0 Å². The Labute approximate surface area is 182 Å². The van der Waals surface area contributed by atoms with Gasteiger partial charge in [-0.2, -0.15) is 0 Å². The van der Waals surface area contributed by atoms with Crippen LogP contribution < -0.4 is 4.74 Å². The lowest BCUT2D eigenvalue weighted by Crippen LogP contribution is -1.97. The van der Waals surface area contributed by atoms with Crippen molar-refractivity contribution >= 4 is 34.8 Å². The predicted octanol–water partition coefficient (Wildman–Crippen LogP) is 7.21. The molecule has 1 aliphatic carbocycles. The van der Waals surface area contributed by atoms with Crippen molar-refractivity contribution in [1.82, 2.24) is 0 Å². The van der Waals surface area contributed by atoms with Gasteiger partial charge in [-0.25, -0.2) is 8.78 Å². The first kappa shape index (κ1) is 20.8. The van der Waals surface area contributed by atoms with Crippen LogP contribution in [0.5, 0.6) is 11.5 Å². The maximum absolute atomic E-state index is 13.8. The van der Waals surface area contributed by atoms with E-state index in [1.54, 1.807) is 18.2 Å². The summed E-state index contributed by atoms with van der Waals surface area (Å²) in [6, 6.07) is 15.5. The number of carboxylic acid groups (broad SMARTS) is 1. The number of halogens is 3. The Kier molecular flexibility index (Phi) is 5.61. The average Bonchev–Trinajstić information content (AvgIpc) is 2.96. The van der Waals surface area contributed by atoms with Gasteiger partial charge in [0.1, 0.15) is 23.1 Å². The largest absolute Gasteiger partial charge is 0.481 e. The molecule has 0 saturated heterocycles. The fourth-order valence-corrected chi connectivity index (χ4v) is 3.82.